The van der Waals surface area contributed by atoms with Crippen molar-refractivity contribution in [3.05, 3.63) is 35.5 Å². The summed E-state index contributed by atoms with van der Waals surface area (Å²) in [6.07, 6.45) is 5.05. The number of rotatable bonds is 3. The third-order valence-electron chi connectivity index (χ3n) is 2.76. The van der Waals surface area contributed by atoms with Crippen molar-refractivity contribution in [2.45, 2.75) is 20.3 Å². The number of ether oxygens (including phenoxy) is 1. The van der Waals surface area contributed by atoms with Gasteiger partial charge in [-0.3, -0.25) is 9.78 Å². The molecule has 0 radical (unpaired) electrons. The minimum absolute atomic E-state index is 0.217. The van der Waals surface area contributed by atoms with Gasteiger partial charge < -0.3 is 4.74 Å². The number of esters is 1. The van der Waals surface area contributed by atoms with Crippen LogP contribution in [0.25, 0.3) is 5.82 Å². The van der Waals surface area contributed by atoms with Gasteiger partial charge in [-0.25, -0.2) is 9.67 Å². The Hall–Kier alpha value is -2.24. The van der Waals surface area contributed by atoms with Gasteiger partial charge in [0.2, 0.25) is 0 Å². The number of nitrogens with zero attached hydrogens (tertiary/aromatic N) is 4. The molecule has 0 aliphatic heterocycles. The molecule has 0 spiro atoms. The summed E-state index contributed by atoms with van der Waals surface area (Å²) in [4.78, 5) is 19.5. The van der Waals surface area contributed by atoms with Crippen LogP contribution in [0, 0.1) is 13.8 Å². The van der Waals surface area contributed by atoms with Crippen LogP contribution >= 0.6 is 0 Å². The molecule has 0 bridgehead atoms. The zero-order valence-corrected chi connectivity index (χ0v) is 10.5. The molecule has 0 saturated carbocycles. The molecule has 94 valence electrons. The minimum atomic E-state index is -0.278. The smallest absolute Gasteiger partial charge is 0.310 e. The van der Waals surface area contributed by atoms with Crippen LogP contribution in [0.15, 0.2) is 18.6 Å². The van der Waals surface area contributed by atoms with Gasteiger partial charge in [-0.05, 0) is 13.8 Å². The summed E-state index contributed by atoms with van der Waals surface area (Å²) in [7, 11) is 1.38. The van der Waals surface area contributed by atoms with Crippen LogP contribution < -0.4 is 0 Å². The Kier molecular flexibility index (Phi) is 3.36. The first kappa shape index (κ1) is 12.2. The molecule has 2 aromatic rings. The van der Waals surface area contributed by atoms with Crippen molar-refractivity contribution in [3.63, 3.8) is 0 Å². The van der Waals surface area contributed by atoms with Crippen molar-refractivity contribution in [2.75, 3.05) is 7.11 Å². The lowest BCUT2D eigenvalue weighted by atomic mass is 10.1. The molecule has 0 N–H and O–H groups in total. The van der Waals surface area contributed by atoms with Crippen LogP contribution in [-0.2, 0) is 16.0 Å². The monoisotopic (exact) mass is 246 g/mol. The summed E-state index contributed by atoms with van der Waals surface area (Å²) in [5.41, 5.74) is 2.54. The van der Waals surface area contributed by atoms with Crippen LogP contribution in [0.3, 0.4) is 0 Å². The molecule has 2 rings (SSSR count). The zero-order chi connectivity index (χ0) is 13.1. The summed E-state index contributed by atoms with van der Waals surface area (Å²) in [5, 5.41) is 4.37. The van der Waals surface area contributed by atoms with E-state index >= 15 is 0 Å². The quantitative estimate of drug-likeness (QED) is 0.755. The van der Waals surface area contributed by atoms with Crippen LogP contribution in [-0.4, -0.2) is 32.8 Å². The van der Waals surface area contributed by atoms with Crippen LogP contribution in [0.4, 0.5) is 0 Å². The van der Waals surface area contributed by atoms with Crippen molar-refractivity contribution in [3.8, 4) is 5.82 Å². The predicted molar refractivity (Wildman–Crippen MR) is 64.3 cm³/mol. The van der Waals surface area contributed by atoms with Crippen molar-refractivity contribution < 1.29 is 9.53 Å². The van der Waals surface area contributed by atoms with Crippen molar-refractivity contribution in [1.82, 2.24) is 19.7 Å². The second-order valence-electron chi connectivity index (χ2n) is 3.88. The van der Waals surface area contributed by atoms with Gasteiger partial charge in [-0.1, -0.05) is 0 Å². The third-order valence-corrected chi connectivity index (χ3v) is 2.76. The van der Waals surface area contributed by atoms with Gasteiger partial charge in [-0.15, -0.1) is 0 Å². The van der Waals surface area contributed by atoms with E-state index in [1.165, 1.54) is 7.11 Å². The molecule has 18 heavy (non-hydrogen) atoms. The summed E-state index contributed by atoms with van der Waals surface area (Å²) < 4.78 is 6.36. The van der Waals surface area contributed by atoms with Gasteiger partial charge in [0, 0.05) is 23.7 Å². The minimum Gasteiger partial charge on any atom is -0.469 e. The summed E-state index contributed by atoms with van der Waals surface area (Å²) in [5.74, 6) is 0.356. The van der Waals surface area contributed by atoms with Gasteiger partial charge in [0.25, 0.3) is 0 Å². The van der Waals surface area contributed by atoms with E-state index in [-0.39, 0.29) is 12.4 Å². The van der Waals surface area contributed by atoms with Gasteiger partial charge in [0.05, 0.1) is 25.4 Å². The number of carbonyl (C=O) groups is 1. The van der Waals surface area contributed by atoms with E-state index in [1.807, 2.05) is 13.8 Å². The summed E-state index contributed by atoms with van der Waals surface area (Å²) >= 11 is 0. The highest BCUT2D eigenvalue weighted by atomic mass is 16.5. The number of aromatic nitrogens is 4. The van der Waals surface area contributed by atoms with E-state index in [4.69, 9.17) is 0 Å². The molecule has 0 atom stereocenters. The topological polar surface area (TPSA) is 69.9 Å². The first-order valence-electron chi connectivity index (χ1n) is 5.51. The Morgan fingerprint density at radius 2 is 2.17 bits per heavy atom. The molecular weight excluding hydrogens is 232 g/mol. The second kappa shape index (κ2) is 4.95. The number of hydrogen-bond acceptors (Lipinski definition) is 5. The number of methoxy groups -OCH3 is 1. The molecule has 2 heterocycles. The Morgan fingerprint density at radius 3 is 2.78 bits per heavy atom. The van der Waals surface area contributed by atoms with E-state index < -0.39 is 0 Å². The molecule has 0 saturated heterocycles. The SMILES string of the molecule is COC(=O)Cc1c(C)nn(-c2cnccn2)c1C. The third kappa shape index (κ3) is 2.22. The first-order chi connectivity index (χ1) is 8.63. The van der Waals surface area contributed by atoms with Crippen LogP contribution in [0.5, 0.6) is 0 Å². The maximum absolute atomic E-state index is 11.3. The average molecular weight is 246 g/mol. The summed E-state index contributed by atoms with van der Waals surface area (Å²) in [6.45, 7) is 3.76. The molecule has 0 amide bonds. The molecule has 0 unspecified atom stereocenters. The lowest BCUT2D eigenvalue weighted by Crippen LogP contribution is -2.07. The van der Waals surface area contributed by atoms with Gasteiger partial charge in [0.1, 0.15) is 0 Å². The maximum atomic E-state index is 11.3. The molecule has 0 fully saturated rings. The Labute approximate surface area is 105 Å². The highest BCUT2D eigenvalue weighted by Crippen LogP contribution is 2.17. The first-order valence-corrected chi connectivity index (χ1v) is 5.51. The molecule has 0 aromatic carbocycles. The van der Waals surface area contributed by atoms with E-state index in [9.17, 15) is 4.79 Å². The van der Waals surface area contributed by atoms with Crippen molar-refractivity contribution in [1.29, 1.82) is 0 Å². The van der Waals surface area contributed by atoms with Gasteiger partial charge in [-0.2, -0.15) is 5.10 Å². The van der Waals surface area contributed by atoms with E-state index in [1.54, 1.807) is 23.3 Å². The Balaban J connectivity index is 2.41. The zero-order valence-electron chi connectivity index (χ0n) is 10.5. The van der Waals surface area contributed by atoms with E-state index in [0.717, 1.165) is 17.0 Å². The normalized spacial score (nSPS) is 10.4. The van der Waals surface area contributed by atoms with E-state index in [2.05, 4.69) is 19.8 Å². The summed E-state index contributed by atoms with van der Waals surface area (Å²) in [6, 6.07) is 0. The second-order valence-corrected chi connectivity index (χ2v) is 3.88. The Bertz CT molecular complexity index is 563. The van der Waals surface area contributed by atoms with Gasteiger partial charge in [0.15, 0.2) is 5.82 Å². The van der Waals surface area contributed by atoms with Crippen molar-refractivity contribution >= 4 is 5.97 Å². The fourth-order valence-electron chi connectivity index (χ4n) is 1.77. The van der Waals surface area contributed by atoms with Gasteiger partial charge >= 0.3 is 5.97 Å². The fourth-order valence-corrected chi connectivity index (χ4v) is 1.77. The molecule has 2 aromatic heterocycles. The maximum Gasteiger partial charge on any atom is 0.310 e. The Morgan fingerprint density at radius 1 is 1.39 bits per heavy atom. The highest BCUT2D eigenvalue weighted by Gasteiger charge is 2.16. The molecular formula is C12H14N4O2. The lowest BCUT2D eigenvalue weighted by molar-refractivity contribution is -0.139. The molecule has 6 heteroatoms. The van der Waals surface area contributed by atoms with E-state index in [0.29, 0.717) is 5.82 Å². The largest absolute Gasteiger partial charge is 0.469 e. The number of carbonyl (C=O) groups excluding carboxylic acids is 1. The van der Waals surface area contributed by atoms with Crippen molar-refractivity contribution in [2.24, 2.45) is 0 Å². The van der Waals surface area contributed by atoms with Crippen LogP contribution in [0.1, 0.15) is 17.0 Å². The standard InChI is InChI=1S/C12H14N4O2/c1-8-10(6-12(17)18-3)9(2)16(15-8)11-7-13-4-5-14-11/h4-5,7H,6H2,1-3H3. The molecule has 0 aliphatic carbocycles. The average Bonchev–Trinajstić information content (AvgIpc) is 2.67. The van der Waals surface area contributed by atoms with Crippen LogP contribution in [0.2, 0.25) is 0 Å². The fraction of sp³-hybridized carbons (Fsp3) is 0.333. The predicted octanol–water partition coefficient (Wildman–Crippen LogP) is 0.995. The lowest BCUT2D eigenvalue weighted by Gasteiger charge is -2.03. The molecule has 6 nitrogen and oxygen atoms in total. The number of aryl methyl sites for hydroxylation is 1. The highest BCUT2D eigenvalue weighted by molar-refractivity contribution is 5.73. The number of hydrogen-bond donors (Lipinski definition) is 0. The molecule has 0 aliphatic rings.